The topological polar surface area (TPSA) is 105 Å². The lowest BCUT2D eigenvalue weighted by Crippen LogP contribution is -2.47. The predicted octanol–water partition coefficient (Wildman–Crippen LogP) is 4.68. The highest BCUT2D eigenvalue weighted by Crippen LogP contribution is 2.33. The maximum Gasteiger partial charge on any atom is 0.175 e. The Labute approximate surface area is 218 Å². The number of aromatic nitrogens is 4. The van der Waals surface area contributed by atoms with E-state index in [-0.39, 0.29) is 5.75 Å². The van der Waals surface area contributed by atoms with Crippen molar-refractivity contribution in [3.8, 4) is 28.6 Å². The van der Waals surface area contributed by atoms with E-state index in [9.17, 15) is 5.11 Å². The predicted molar refractivity (Wildman–Crippen MR) is 147 cm³/mol. The molecule has 0 aliphatic carbocycles. The molecule has 4 N–H and O–H groups in total. The van der Waals surface area contributed by atoms with E-state index in [2.05, 4.69) is 36.9 Å². The molecule has 190 valence electrons. The number of anilines is 1. The molecule has 0 atom stereocenters. The molecule has 0 bridgehead atoms. The average Bonchev–Trinajstić information content (AvgIpc) is 3.52. The number of imidazole rings is 2. The number of phenols is 1. The van der Waals surface area contributed by atoms with E-state index in [1.54, 1.807) is 12.1 Å². The van der Waals surface area contributed by atoms with Gasteiger partial charge in [0.05, 0.1) is 23.8 Å². The number of ether oxygens (including phenoxy) is 2. The number of methoxy groups -OCH3 is 1. The van der Waals surface area contributed by atoms with E-state index >= 15 is 0 Å². The number of hydrogen-bond donors (Lipinski definition) is 4. The Morgan fingerprint density at radius 2 is 1.76 bits per heavy atom. The molecule has 1 aliphatic heterocycles. The first-order valence-electron chi connectivity index (χ1n) is 12.3. The normalized spacial score (nSPS) is 14.5. The zero-order valence-corrected chi connectivity index (χ0v) is 21.3. The zero-order chi connectivity index (χ0) is 25.4. The van der Waals surface area contributed by atoms with Crippen LogP contribution >= 0.6 is 12.2 Å². The lowest BCUT2D eigenvalue weighted by atomic mass is 10.2. The van der Waals surface area contributed by atoms with E-state index in [0.717, 1.165) is 71.8 Å². The van der Waals surface area contributed by atoms with Gasteiger partial charge in [-0.15, -0.1) is 0 Å². The van der Waals surface area contributed by atoms with Crippen molar-refractivity contribution >= 4 is 40.0 Å². The lowest BCUT2D eigenvalue weighted by Gasteiger charge is -2.36. The molecule has 0 radical (unpaired) electrons. The molecule has 37 heavy (non-hydrogen) atoms. The van der Waals surface area contributed by atoms with E-state index in [4.69, 9.17) is 26.7 Å². The summed E-state index contributed by atoms with van der Waals surface area (Å²) in [7, 11) is 1.54. The number of benzene rings is 3. The van der Waals surface area contributed by atoms with Gasteiger partial charge in [0.15, 0.2) is 16.3 Å². The Morgan fingerprint density at radius 1 is 0.946 bits per heavy atom. The van der Waals surface area contributed by atoms with Crippen LogP contribution in [-0.2, 0) is 0 Å². The number of fused-ring (bicyclic) bond motifs is 2. The van der Waals surface area contributed by atoms with Crippen LogP contribution < -0.4 is 14.4 Å². The van der Waals surface area contributed by atoms with Crippen LogP contribution in [-0.4, -0.2) is 76.4 Å². The maximum atomic E-state index is 10.2. The first-order valence-corrected chi connectivity index (χ1v) is 12.7. The number of nitrogens with one attached hydrogen (secondary N) is 3. The summed E-state index contributed by atoms with van der Waals surface area (Å²) < 4.78 is 11.8. The first-order chi connectivity index (χ1) is 18.1. The van der Waals surface area contributed by atoms with Crippen molar-refractivity contribution in [2.24, 2.45) is 0 Å². The summed E-state index contributed by atoms with van der Waals surface area (Å²) in [5.41, 5.74) is 5.69. The van der Waals surface area contributed by atoms with Crippen molar-refractivity contribution in [2.45, 2.75) is 0 Å². The maximum absolute atomic E-state index is 10.2. The Hall–Kier alpha value is -4.02. The molecule has 0 amide bonds. The second kappa shape index (κ2) is 9.79. The summed E-state index contributed by atoms with van der Waals surface area (Å²) in [4.78, 5) is 19.4. The molecule has 9 nitrogen and oxygen atoms in total. The van der Waals surface area contributed by atoms with Crippen molar-refractivity contribution < 1.29 is 14.6 Å². The molecule has 2 aromatic heterocycles. The SMILES string of the molecule is COc1ccc(-c2nc3c(N4CCN(CCOc5cccc6[nH]c(=S)[nH]c56)CC4)cccc3[nH]2)cc1O. The van der Waals surface area contributed by atoms with Crippen LogP contribution in [0.15, 0.2) is 54.6 Å². The van der Waals surface area contributed by atoms with Crippen LogP contribution in [0.2, 0.25) is 0 Å². The smallest absolute Gasteiger partial charge is 0.175 e. The van der Waals surface area contributed by atoms with Crippen LogP contribution in [0.25, 0.3) is 33.5 Å². The molecule has 1 aliphatic rings. The molecule has 3 aromatic carbocycles. The van der Waals surface area contributed by atoms with Gasteiger partial charge < -0.3 is 34.4 Å². The molecule has 5 aromatic rings. The fraction of sp³-hybridized carbons (Fsp3) is 0.259. The van der Waals surface area contributed by atoms with Crippen LogP contribution in [0, 0.1) is 4.77 Å². The van der Waals surface area contributed by atoms with E-state index in [1.165, 1.54) is 7.11 Å². The summed E-state index contributed by atoms with van der Waals surface area (Å²) >= 11 is 5.21. The van der Waals surface area contributed by atoms with Gasteiger partial charge in [0.1, 0.15) is 29.2 Å². The fourth-order valence-corrected chi connectivity index (χ4v) is 5.11. The highest BCUT2D eigenvalue weighted by molar-refractivity contribution is 7.71. The van der Waals surface area contributed by atoms with Gasteiger partial charge in [-0.05, 0) is 54.7 Å². The Bertz CT molecular complexity index is 1620. The van der Waals surface area contributed by atoms with Crippen molar-refractivity contribution in [1.82, 2.24) is 24.8 Å². The quantitative estimate of drug-likeness (QED) is 0.233. The van der Waals surface area contributed by atoms with Gasteiger partial charge in [-0.2, -0.15) is 0 Å². The first kappa shape index (κ1) is 23.4. The van der Waals surface area contributed by atoms with Gasteiger partial charge >= 0.3 is 0 Å². The minimum absolute atomic E-state index is 0.0915. The van der Waals surface area contributed by atoms with Gasteiger partial charge in [0.25, 0.3) is 0 Å². The summed E-state index contributed by atoms with van der Waals surface area (Å²) in [6.45, 7) is 5.17. The molecular formula is C27H28N6O3S. The number of nitrogens with zero attached hydrogens (tertiary/aromatic N) is 3. The van der Waals surface area contributed by atoms with Crippen molar-refractivity contribution in [1.29, 1.82) is 0 Å². The average molecular weight is 517 g/mol. The molecule has 0 spiro atoms. The molecule has 10 heteroatoms. The number of hydrogen-bond acceptors (Lipinski definition) is 7. The summed E-state index contributed by atoms with van der Waals surface area (Å²) in [5, 5.41) is 10.2. The molecular weight excluding hydrogens is 488 g/mol. The molecule has 1 fully saturated rings. The number of H-pyrrole nitrogens is 3. The van der Waals surface area contributed by atoms with Gasteiger partial charge in [-0.1, -0.05) is 12.1 Å². The number of rotatable bonds is 7. The summed E-state index contributed by atoms with van der Waals surface area (Å²) in [6, 6.07) is 17.4. The monoisotopic (exact) mass is 516 g/mol. The summed E-state index contributed by atoms with van der Waals surface area (Å²) in [5.74, 6) is 2.06. The second-order valence-electron chi connectivity index (χ2n) is 9.08. The second-order valence-corrected chi connectivity index (χ2v) is 9.49. The highest BCUT2D eigenvalue weighted by Gasteiger charge is 2.20. The third-order valence-electron chi connectivity index (χ3n) is 6.83. The van der Waals surface area contributed by atoms with Gasteiger partial charge in [0, 0.05) is 38.3 Å². The summed E-state index contributed by atoms with van der Waals surface area (Å²) in [6.07, 6.45) is 0. The van der Waals surface area contributed by atoms with Gasteiger partial charge in [0.2, 0.25) is 0 Å². The molecule has 3 heterocycles. The molecule has 6 rings (SSSR count). The minimum Gasteiger partial charge on any atom is -0.504 e. The van der Waals surface area contributed by atoms with Crippen LogP contribution in [0.4, 0.5) is 5.69 Å². The Balaban J connectivity index is 1.11. The number of aromatic amines is 3. The number of phenolic OH excluding ortho intramolecular Hbond substituents is 1. The van der Waals surface area contributed by atoms with E-state index in [1.807, 2.05) is 30.3 Å². The minimum atomic E-state index is 0.0915. The third kappa shape index (κ3) is 4.61. The van der Waals surface area contributed by atoms with E-state index in [0.29, 0.717) is 23.0 Å². The van der Waals surface area contributed by atoms with Crippen molar-refractivity contribution in [2.75, 3.05) is 51.3 Å². The van der Waals surface area contributed by atoms with Gasteiger partial charge in [-0.25, -0.2) is 4.98 Å². The van der Waals surface area contributed by atoms with Crippen LogP contribution in [0.5, 0.6) is 17.2 Å². The number of aromatic hydroxyl groups is 1. The lowest BCUT2D eigenvalue weighted by molar-refractivity contribution is 0.201. The standard InChI is InChI=1S/C27H28N6O3S/c1-35-22-9-8-17(16-21(22)34)26-28-18-4-2-6-20(24(18)30-26)33-12-10-32(11-13-33)14-15-36-23-7-3-5-19-25(23)31-27(37)29-19/h2-9,16,34H,10-15H2,1H3,(H,28,30)(H2,29,31,37). The Kier molecular flexibility index (Phi) is 6.19. The molecule has 1 saturated heterocycles. The highest BCUT2D eigenvalue weighted by atomic mass is 32.1. The fourth-order valence-electron chi connectivity index (χ4n) is 4.89. The number of para-hydroxylation sites is 2. The third-order valence-corrected chi connectivity index (χ3v) is 7.04. The van der Waals surface area contributed by atoms with Crippen molar-refractivity contribution in [3.05, 3.63) is 59.4 Å². The zero-order valence-electron chi connectivity index (χ0n) is 20.5. The molecule has 0 saturated carbocycles. The number of piperazine rings is 1. The molecule has 0 unspecified atom stereocenters. The Morgan fingerprint density at radius 3 is 2.57 bits per heavy atom. The van der Waals surface area contributed by atoms with E-state index < -0.39 is 0 Å². The van der Waals surface area contributed by atoms with Crippen LogP contribution in [0.1, 0.15) is 0 Å². The van der Waals surface area contributed by atoms with Crippen molar-refractivity contribution in [3.63, 3.8) is 0 Å². The van der Waals surface area contributed by atoms with Gasteiger partial charge in [-0.3, -0.25) is 4.90 Å². The largest absolute Gasteiger partial charge is 0.504 e. The van der Waals surface area contributed by atoms with Crippen LogP contribution in [0.3, 0.4) is 0 Å².